The molecular formula is C19H22O6. The van der Waals surface area contributed by atoms with Crippen LogP contribution in [0.3, 0.4) is 0 Å². The van der Waals surface area contributed by atoms with Crippen molar-refractivity contribution in [3.63, 3.8) is 0 Å². The van der Waals surface area contributed by atoms with E-state index in [1.54, 1.807) is 0 Å². The molecule has 3 aliphatic rings. The topological polar surface area (TPSA) is 63.2 Å². The van der Waals surface area contributed by atoms with Crippen molar-refractivity contribution >= 4 is 5.97 Å². The highest BCUT2D eigenvalue weighted by molar-refractivity contribution is 5.90. The van der Waals surface area contributed by atoms with Crippen LogP contribution < -0.4 is 0 Å². The van der Waals surface area contributed by atoms with Crippen molar-refractivity contribution in [3.05, 3.63) is 48.0 Å². The maximum atomic E-state index is 11.7. The van der Waals surface area contributed by atoms with Crippen molar-refractivity contribution in [2.45, 2.75) is 63.4 Å². The fraction of sp³-hybridized carbons (Fsp3) is 0.526. The van der Waals surface area contributed by atoms with Gasteiger partial charge in [-0.3, -0.25) is 0 Å². The molecule has 0 aliphatic carbocycles. The molecule has 1 aromatic carbocycles. The van der Waals surface area contributed by atoms with Crippen LogP contribution in [0.4, 0.5) is 0 Å². The summed E-state index contributed by atoms with van der Waals surface area (Å²) in [6.07, 6.45) is -1.74. The van der Waals surface area contributed by atoms with Gasteiger partial charge in [-0.25, -0.2) is 4.79 Å². The van der Waals surface area contributed by atoms with Crippen molar-refractivity contribution in [1.82, 2.24) is 0 Å². The van der Waals surface area contributed by atoms with Crippen LogP contribution in [0, 0.1) is 0 Å². The minimum absolute atomic E-state index is 0.365. The third-order valence-electron chi connectivity index (χ3n) is 4.67. The Hall–Kier alpha value is -1.73. The minimum atomic E-state index is -0.732. The van der Waals surface area contributed by atoms with Crippen LogP contribution in [0.5, 0.6) is 0 Å². The highest BCUT2D eigenvalue weighted by Crippen LogP contribution is 2.42. The maximum absolute atomic E-state index is 11.7. The van der Waals surface area contributed by atoms with Crippen LogP contribution >= 0.6 is 0 Å². The summed E-state index contributed by atoms with van der Waals surface area (Å²) in [4.78, 5) is 11.7. The zero-order valence-corrected chi connectivity index (χ0v) is 14.3. The molecule has 5 atom stereocenters. The fourth-order valence-electron chi connectivity index (χ4n) is 3.53. The minimum Gasteiger partial charge on any atom is -0.456 e. The Labute approximate surface area is 146 Å². The van der Waals surface area contributed by atoms with Gasteiger partial charge >= 0.3 is 5.97 Å². The van der Waals surface area contributed by atoms with Crippen molar-refractivity contribution in [1.29, 1.82) is 0 Å². The smallest absolute Gasteiger partial charge is 0.333 e. The number of fused-ring (bicyclic) bond motifs is 1. The Bertz CT molecular complexity index is 654. The molecule has 0 bridgehead atoms. The van der Waals surface area contributed by atoms with Crippen LogP contribution in [0.2, 0.25) is 0 Å². The molecule has 0 N–H and O–H groups in total. The quantitative estimate of drug-likeness (QED) is 0.616. The standard InChI is InChI=1S/C19H22O6/c1-11-9-13(22-17(11)20)14-15(21-10-12-7-5-4-6-8-12)16-18(23-14)25-19(2,3)24-16/h4-8,13-16,18H,1,9-10H2,2-3H3/t13-,14-,15-,16-,18-/m1/s1. The Balaban J connectivity index is 1.51. The summed E-state index contributed by atoms with van der Waals surface area (Å²) in [6.45, 7) is 7.84. The first kappa shape index (κ1) is 16.7. The summed E-state index contributed by atoms with van der Waals surface area (Å²) in [5.74, 6) is -1.11. The summed E-state index contributed by atoms with van der Waals surface area (Å²) in [7, 11) is 0. The number of cyclic esters (lactones) is 1. The molecule has 3 saturated heterocycles. The number of hydrogen-bond donors (Lipinski definition) is 0. The van der Waals surface area contributed by atoms with E-state index in [4.69, 9.17) is 23.7 Å². The van der Waals surface area contributed by atoms with Crippen molar-refractivity contribution in [3.8, 4) is 0 Å². The van der Waals surface area contributed by atoms with E-state index in [1.807, 2.05) is 44.2 Å². The predicted molar refractivity (Wildman–Crippen MR) is 87.4 cm³/mol. The average Bonchev–Trinajstić information content (AvgIpc) is 3.16. The van der Waals surface area contributed by atoms with Gasteiger partial charge in [-0.1, -0.05) is 36.9 Å². The third kappa shape index (κ3) is 3.22. The number of rotatable bonds is 4. The summed E-state index contributed by atoms with van der Waals surface area (Å²) in [5.41, 5.74) is 1.50. The van der Waals surface area contributed by atoms with Gasteiger partial charge in [0.15, 0.2) is 12.1 Å². The molecule has 0 saturated carbocycles. The van der Waals surface area contributed by atoms with Crippen molar-refractivity contribution in [2.75, 3.05) is 0 Å². The van der Waals surface area contributed by atoms with E-state index in [0.717, 1.165) is 5.56 Å². The van der Waals surface area contributed by atoms with Gasteiger partial charge in [-0.2, -0.15) is 0 Å². The molecule has 0 aromatic heterocycles. The van der Waals surface area contributed by atoms with E-state index in [1.165, 1.54) is 0 Å². The zero-order chi connectivity index (χ0) is 17.6. The summed E-state index contributed by atoms with van der Waals surface area (Å²) >= 11 is 0. The highest BCUT2D eigenvalue weighted by Gasteiger charge is 2.58. The van der Waals surface area contributed by atoms with E-state index >= 15 is 0 Å². The molecule has 6 nitrogen and oxygen atoms in total. The molecule has 0 amide bonds. The van der Waals surface area contributed by atoms with E-state index in [2.05, 4.69) is 6.58 Å². The van der Waals surface area contributed by atoms with Crippen LogP contribution in [0.15, 0.2) is 42.5 Å². The first-order valence-corrected chi connectivity index (χ1v) is 8.48. The number of carbonyl (C=O) groups is 1. The predicted octanol–water partition coefficient (Wildman–Crippen LogP) is 2.32. The van der Waals surface area contributed by atoms with Gasteiger partial charge in [0.25, 0.3) is 0 Å². The first-order chi connectivity index (χ1) is 11.9. The van der Waals surface area contributed by atoms with E-state index in [0.29, 0.717) is 18.6 Å². The van der Waals surface area contributed by atoms with Crippen molar-refractivity contribution in [2.24, 2.45) is 0 Å². The lowest BCUT2D eigenvalue weighted by Crippen LogP contribution is -2.42. The normalized spacial score (nSPS) is 36.5. The van der Waals surface area contributed by atoms with Crippen molar-refractivity contribution < 1.29 is 28.5 Å². The average molecular weight is 346 g/mol. The lowest BCUT2D eigenvalue weighted by atomic mass is 10.0. The SMILES string of the molecule is C=C1C[C@H]([C@H]2O[C@@H]3OC(C)(C)O[C@@H]3[C@@H]2OCc2ccccc2)OC1=O. The summed E-state index contributed by atoms with van der Waals surface area (Å²) in [6, 6.07) is 9.88. The Morgan fingerprint density at radius 3 is 2.64 bits per heavy atom. The molecule has 0 radical (unpaired) electrons. The lowest BCUT2D eigenvalue weighted by Gasteiger charge is -2.28. The highest BCUT2D eigenvalue weighted by atomic mass is 16.8. The zero-order valence-electron chi connectivity index (χ0n) is 14.3. The molecule has 3 fully saturated rings. The third-order valence-corrected chi connectivity index (χ3v) is 4.67. The second-order valence-corrected chi connectivity index (χ2v) is 7.08. The first-order valence-electron chi connectivity index (χ1n) is 8.48. The summed E-state index contributed by atoms with van der Waals surface area (Å²) < 4.78 is 29.3. The summed E-state index contributed by atoms with van der Waals surface area (Å²) in [5, 5.41) is 0. The molecule has 134 valence electrons. The van der Waals surface area contributed by atoms with Gasteiger partial charge in [0.2, 0.25) is 0 Å². The Kier molecular flexibility index (Phi) is 4.16. The molecule has 0 spiro atoms. The second kappa shape index (κ2) is 6.21. The Morgan fingerprint density at radius 2 is 1.96 bits per heavy atom. The monoisotopic (exact) mass is 346 g/mol. The van der Waals surface area contributed by atoms with E-state index < -0.39 is 30.4 Å². The molecule has 3 heterocycles. The van der Waals surface area contributed by atoms with Crippen LogP contribution in [0.1, 0.15) is 25.8 Å². The van der Waals surface area contributed by atoms with Crippen LogP contribution in [0.25, 0.3) is 0 Å². The molecule has 6 heteroatoms. The molecule has 1 aromatic rings. The molecule has 0 unspecified atom stereocenters. The van der Waals surface area contributed by atoms with Gasteiger partial charge in [0, 0.05) is 12.0 Å². The van der Waals surface area contributed by atoms with Crippen LogP contribution in [-0.2, 0) is 35.1 Å². The van der Waals surface area contributed by atoms with Gasteiger partial charge in [-0.15, -0.1) is 0 Å². The second-order valence-electron chi connectivity index (χ2n) is 7.08. The van der Waals surface area contributed by atoms with Gasteiger partial charge < -0.3 is 23.7 Å². The molecule has 3 aliphatic heterocycles. The van der Waals surface area contributed by atoms with Crippen LogP contribution in [-0.4, -0.2) is 42.5 Å². The van der Waals surface area contributed by atoms with E-state index in [-0.39, 0.29) is 12.1 Å². The Morgan fingerprint density at radius 1 is 1.20 bits per heavy atom. The molecular weight excluding hydrogens is 324 g/mol. The number of hydrogen-bond acceptors (Lipinski definition) is 6. The number of esters is 1. The van der Waals surface area contributed by atoms with Gasteiger partial charge in [-0.05, 0) is 19.4 Å². The number of carbonyl (C=O) groups excluding carboxylic acids is 1. The molecule has 25 heavy (non-hydrogen) atoms. The number of benzene rings is 1. The largest absolute Gasteiger partial charge is 0.456 e. The lowest BCUT2D eigenvalue weighted by molar-refractivity contribution is -0.230. The number of ether oxygens (including phenoxy) is 5. The molecule has 4 rings (SSSR count). The van der Waals surface area contributed by atoms with Gasteiger partial charge in [0.1, 0.15) is 24.4 Å². The fourth-order valence-corrected chi connectivity index (χ4v) is 3.53. The van der Waals surface area contributed by atoms with Gasteiger partial charge in [0.05, 0.1) is 6.61 Å². The van der Waals surface area contributed by atoms with E-state index in [9.17, 15) is 4.79 Å². The maximum Gasteiger partial charge on any atom is 0.333 e.